The summed E-state index contributed by atoms with van der Waals surface area (Å²) in [7, 11) is -1.11. The van der Waals surface area contributed by atoms with Gasteiger partial charge in [-0.15, -0.1) is 0 Å². The molecule has 0 aliphatic heterocycles. The second-order valence-corrected chi connectivity index (χ2v) is 7.62. The van der Waals surface area contributed by atoms with Crippen molar-refractivity contribution in [3.05, 3.63) is 54.1 Å². The molecule has 2 rings (SSSR count). The largest absolute Gasteiger partial charge is 0.339 e. The summed E-state index contributed by atoms with van der Waals surface area (Å²) < 4.78 is 53.5. The molecule has 1 amide bonds. The van der Waals surface area contributed by atoms with Gasteiger partial charge in [0.15, 0.2) is 11.6 Å². The third kappa shape index (κ3) is 4.24. The summed E-state index contributed by atoms with van der Waals surface area (Å²) in [5, 5.41) is -0.230. The zero-order valence-electron chi connectivity index (χ0n) is 12.8. The number of benzene rings is 2. The van der Waals surface area contributed by atoms with Crippen LogP contribution in [-0.2, 0) is 10.0 Å². The third-order valence-electron chi connectivity index (χ3n) is 2.86. The lowest BCUT2D eigenvalue weighted by Gasteiger charge is -2.12. The van der Waals surface area contributed by atoms with Gasteiger partial charge in [-0.2, -0.15) is 0 Å². The highest BCUT2D eigenvalue weighted by Crippen LogP contribution is 2.26. The number of carbonyl (C=O) groups excluding carboxylic acids is 1. The van der Waals surface area contributed by atoms with E-state index in [-0.39, 0.29) is 10.9 Å². The molecule has 0 saturated carbocycles. The molecule has 0 atom stereocenters. The van der Waals surface area contributed by atoms with E-state index < -0.39 is 26.6 Å². The summed E-state index contributed by atoms with van der Waals surface area (Å²) >= 11 is 0.911. The van der Waals surface area contributed by atoms with Crippen molar-refractivity contribution in [2.45, 2.75) is 9.79 Å². The van der Waals surface area contributed by atoms with Gasteiger partial charge in [-0.05, 0) is 42.1 Å². The quantitative estimate of drug-likeness (QED) is 0.834. The molecule has 0 aliphatic rings. The fourth-order valence-corrected chi connectivity index (χ4v) is 3.57. The highest BCUT2D eigenvalue weighted by Gasteiger charge is 2.21. The van der Waals surface area contributed by atoms with E-state index in [1.165, 1.54) is 17.0 Å². The van der Waals surface area contributed by atoms with Crippen molar-refractivity contribution in [2.24, 2.45) is 0 Å². The summed E-state index contributed by atoms with van der Waals surface area (Å²) in [5.74, 6) is -2.70. The first kappa shape index (κ1) is 18.2. The molecule has 0 unspecified atom stereocenters. The molecule has 0 saturated heterocycles. The monoisotopic (exact) mass is 372 g/mol. The Balaban J connectivity index is 2.27. The normalized spacial score (nSPS) is 11.2. The first-order valence-corrected chi connectivity index (χ1v) is 8.96. The van der Waals surface area contributed by atoms with Gasteiger partial charge >= 0.3 is 0 Å². The fourth-order valence-electron chi connectivity index (χ4n) is 1.72. The standard InChI is InChI=1S/C15H14F2N2O3S2/c1-19(2)15(20)23-11-6-3-5-10(9-11)18-24(21,22)13-8-4-7-12(16)14(13)17/h3-9,18H,1-2H3. The van der Waals surface area contributed by atoms with Crippen molar-refractivity contribution in [3.63, 3.8) is 0 Å². The van der Waals surface area contributed by atoms with Crippen molar-refractivity contribution in [1.29, 1.82) is 0 Å². The Morgan fingerprint density at radius 2 is 1.79 bits per heavy atom. The number of carbonyl (C=O) groups is 1. The van der Waals surface area contributed by atoms with E-state index in [1.807, 2.05) is 0 Å². The molecule has 0 bridgehead atoms. The van der Waals surface area contributed by atoms with E-state index >= 15 is 0 Å². The Morgan fingerprint density at radius 1 is 1.12 bits per heavy atom. The van der Waals surface area contributed by atoms with Crippen LogP contribution >= 0.6 is 11.8 Å². The number of halogens is 2. The van der Waals surface area contributed by atoms with Crippen LogP contribution in [0, 0.1) is 11.6 Å². The first-order valence-electron chi connectivity index (χ1n) is 6.67. The molecular formula is C15H14F2N2O3S2. The smallest absolute Gasteiger partial charge is 0.285 e. The minimum absolute atomic E-state index is 0.134. The van der Waals surface area contributed by atoms with E-state index in [4.69, 9.17) is 0 Å². The minimum atomic E-state index is -4.30. The van der Waals surface area contributed by atoms with Gasteiger partial charge in [-0.3, -0.25) is 9.52 Å². The summed E-state index contributed by atoms with van der Waals surface area (Å²) in [5.41, 5.74) is 0.134. The van der Waals surface area contributed by atoms with Crippen molar-refractivity contribution in [3.8, 4) is 0 Å². The van der Waals surface area contributed by atoms with E-state index in [0.29, 0.717) is 4.90 Å². The molecule has 5 nitrogen and oxygen atoms in total. The van der Waals surface area contributed by atoms with Crippen molar-refractivity contribution < 1.29 is 22.0 Å². The zero-order valence-corrected chi connectivity index (χ0v) is 14.4. The number of amides is 1. The number of anilines is 1. The van der Waals surface area contributed by atoms with E-state index in [0.717, 1.165) is 30.0 Å². The van der Waals surface area contributed by atoms with Crippen LogP contribution in [0.5, 0.6) is 0 Å². The second-order valence-electron chi connectivity index (χ2n) is 4.95. The highest BCUT2D eigenvalue weighted by atomic mass is 32.2. The molecular weight excluding hydrogens is 358 g/mol. The maximum absolute atomic E-state index is 13.7. The number of hydrogen-bond acceptors (Lipinski definition) is 4. The Labute approximate surface area is 142 Å². The fraction of sp³-hybridized carbons (Fsp3) is 0.133. The van der Waals surface area contributed by atoms with Crippen molar-refractivity contribution in [1.82, 2.24) is 4.90 Å². The molecule has 0 radical (unpaired) electrons. The molecule has 2 aromatic carbocycles. The SMILES string of the molecule is CN(C)C(=O)Sc1cccc(NS(=O)(=O)c2cccc(F)c2F)c1. The minimum Gasteiger partial charge on any atom is -0.339 e. The Kier molecular flexibility index (Phi) is 5.45. The molecule has 0 fully saturated rings. The summed E-state index contributed by atoms with van der Waals surface area (Å²) in [6.45, 7) is 0. The number of hydrogen-bond donors (Lipinski definition) is 1. The topological polar surface area (TPSA) is 66.5 Å². The Bertz CT molecular complexity index is 871. The van der Waals surface area contributed by atoms with Gasteiger partial charge in [0.2, 0.25) is 0 Å². The van der Waals surface area contributed by atoms with E-state index in [2.05, 4.69) is 4.72 Å². The van der Waals surface area contributed by atoms with Crippen molar-refractivity contribution in [2.75, 3.05) is 18.8 Å². The van der Waals surface area contributed by atoms with E-state index in [9.17, 15) is 22.0 Å². The van der Waals surface area contributed by atoms with Gasteiger partial charge in [0, 0.05) is 24.7 Å². The molecule has 2 aromatic rings. The number of rotatable bonds is 4. The predicted molar refractivity (Wildman–Crippen MR) is 88.5 cm³/mol. The second kappa shape index (κ2) is 7.18. The molecule has 0 aliphatic carbocycles. The lowest BCUT2D eigenvalue weighted by molar-refractivity contribution is 0.241. The number of thioether (sulfide) groups is 1. The molecule has 0 aromatic heterocycles. The lowest BCUT2D eigenvalue weighted by Crippen LogP contribution is -2.16. The van der Waals surface area contributed by atoms with Crippen LogP contribution in [-0.4, -0.2) is 32.7 Å². The molecule has 9 heteroatoms. The Morgan fingerprint density at radius 3 is 2.46 bits per heavy atom. The predicted octanol–water partition coefficient (Wildman–Crippen LogP) is 3.54. The average molecular weight is 372 g/mol. The lowest BCUT2D eigenvalue weighted by atomic mass is 10.3. The van der Waals surface area contributed by atoms with Crippen LogP contribution in [0.2, 0.25) is 0 Å². The van der Waals surface area contributed by atoms with E-state index in [1.54, 1.807) is 26.2 Å². The van der Waals surface area contributed by atoms with Crippen LogP contribution < -0.4 is 4.72 Å². The van der Waals surface area contributed by atoms with Gasteiger partial charge in [0.25, 0.3) is 15.3 Å². The van der Waals surface area contributed by atoms with Crippen LogP contribution in [0.25, 0.3) is 0 Å². The molecule has 0 spiro atoms. The molecule has 128 valence electrons. The maximum Gasteiger partial charge on any atom is 0.285 e. The third-order valence-corrected chi connectivity index (χ3v) is 5.29. The number of nitrogens with zero attached hydrogens (tertiary/aromatic N) is 1. The summed E-state index contributed by atoms with van der Waals surface area (Å²) in [4.78, 5) is 12.8. The van der Waals surface area contributed by atoms with Crippen molar-refractivity contribution >= 4 is 32.7 Å². The highest BCUT2D eigenvalue weighted by molar-refractivity contribution is 8.13. The Hall–Kier alpha value is -2.13. The summed E-state index contributed by atoms with van der Waals surface area (Å²) in [6.07, 6.45) is 0. The number of nitrogens with one attached hydrogen (secondary N) is 1. The van der Waals surface area contributed by atoms with Gasteiger partial charge < -0.3 is 4.90 Å². The first-order chi connectivity index (χ1) is 11.2. The van der Waals surface area contributed by atoms with Gasteiger partial charge in [-0.25, -0.2) is 17.2 Å². The van der Waals surface area contributed by atoms with Gasteiger partial charge in [-0.1, -0.05) is 12.1 Å². The molecule has 24 heavy (non-hydrogen) atoms. The average Bonchev–Trinajstić information content (AvgIpc) is 2.49. The van der Waals surface area contributed by atoms with Gasteiger partial charge in [0.1, 0.15) is 4.90 Å². The van der Waals surface area contributed by atoms with Crippen LogP contribution in [0.1, 0.15) is 0 Å². The number of sulfonamides is 1. The summed E-state index contributed by atoms with van der Waals surface area (Å²) in [6, 6.07) is 8.96. The van der Waals surface area contributed by atoms with Crippen LogP contribution in [0.15, 0.2) is 52.3 Å². The molecule has 1 N–H and O–H groups in total. The van der Waals surface area contributed by atoms with Crippen LogP contribution in [0.3, 0.4) is 0 Å². The van der Waals surface area contributed by atoms with Gasteiger partial charge in [0.05, 0.1) is 0 Å². The van der Waals surface area contributed by atoms with Crippen LogP contribution in [0.4, 0.5) is 19.3 Å². The molecule has 0 heterocycles. The zero-order chi connectivity index (χ0) is 17.9. The maximum atomic E-state index is 13.7.